The van der Waals surface area contributed by atoms with Crippen molar-refractivity contribution in [3.63, 3.8) is 0 Å². The van der Waals surface area contributed by atoms with E-state index in [0.717, 1.165) is 12.1 Å². The lowest BCUT2D eigenvalue weighted by Crippen LogP contribution is -2.36. The number of nitrogens with zero attached hydrogens (tertiary/aromatic N) is 2. The summed E-state index contributed by atoms with van der Waals surface area (Å²) in [5.74, 6) is 0.738. The largest absolute Gasteiger partial charge is 0.339 e. The maximum Gasteiger partial charge on any atom is 0.224 e. The number of carbonyl (C=O) groups is 1. The molecule has 1 fully saturated rings. The van der Waals surface area contributed by atoms with Gasteiger partial charge in [-0.25, -0.2) is 0 Å². The lowest BCUT2D eigenvalue weighted by molar-refractivity contribution is -0.132. The summed E-state index contributed by atoms with van der Waals surface area (Å²) in [6, 6.07) is 3.93. The number of nitrogens with two attached hydrogens (primary N) is 1. The number of carbonyl (C=O) groups excluding carboxylic acids is 1. The number of hydrogen-bond acceptors (Lipinski definition) is 3. The third-order valence-electron chi connectivity index (χ3n) is 3.50. The van der Waals surface area contributed by atoms with Gasteiger partial charge >= 0.3 is 0 Å². The van der Waals surface area contributed by atoms with E-state index in [1.807, 2.05) is 24.0 Å². The molecule has 1 aromatic rings. The lowest BCUT2D eigenvalue weighted by atomic mass is 10.1. The fraction of sp³-hybridized carbons (Fsp3) is 0.571. The Morgan fingerprint density at radius 1 is 1.50 bits per heavy atom. The summed E-state index contributed by atoms with van der Waals surface area (Å²) in [4.78, 5) is 18.0. The van der Waals surface area contributed by atoms with E-state index in [0.29, 0.717) is 18.9 Å². The summed E-state index contributed by atoms with van der Waals surface area (Å²) < 4.78 is 0. The Kier molecular flexibility index (Phi) is 4.31. The summed E-state index contributed by atoms with van der Waals surface area (Å²) >= 11 is 0. The predicted molar refractivity (Wildman–Crippen MR) is 70.6 cm³/mol. The van der Waals surface area contributed by atoms with Gasteiger partial charge < -0.3 is 10.6 Å². The Balaban J connectivity index is 1.89. The molecule has 1 aliphatic carbocycles. The van der Waals surface area contributed by atoms with Crippen molar-refractivity contribution in [2.45, 2.75) is 38.8 Å². The fourth-order valence-corrected chi connectivity index (χ4v) is 2.11. The van der Waals surface area contributed by atoms with E-state index < -0.39 is 0 Å². The Bertz CT molecular complexity index is 389. The summed E-state index contributed by atoms with van der Waals surface area (Å²) in [6.45, 7) is 3.37. The van der Waals surface area contributed by atoms with Crippen LogP contribution in [0.2, 0.25) is 0 Å². The van der Waals surface area contributed by atoms with E-state index in [1.165, 1.54) is 12.8 Å². The first-order valence-electron chi connectivity index (χ1n) is 6.63. The Morgan fingerprint density at radius 2 is 2.17 bits per heavy atom. The molecule has 0 spiro atoms. The fourth-order valence-electron chi connectivity index (χ4n) is 2.11. The molecule has 18 heavy (non-hydrogen) atoms. The van der Waals surface area contributed by atoms with E-state index in [-0.39, 0.29) is 11.9 Å². The lowest BCUT2D eigenvalue weighted by Gasteiger charge is -2.22. The molecule has 0 bridgehead atoms. The van der Waals surface area contributed by atoms with Crippen LogP contribution in [-0.2, 0) is 11.3 Å². The predicted octanol–water partition coefficient (Wildman–Crippen LogP) is 1.56. The minimum atomic E-state index is 0.0454. The van der Waals surface area contributed by atoms with Crippen molar-refractivity contribution in [3.05, 3.63) is 30.1 Å². The standard InChI is InChI=1S/C14H21N3O/c1-2-17(10-11-5-7-16-8-6-11)14(18)9-13(15)12-3-4-12/h5-8,12-13H,2-4,9-10,15H2,1H3. The van der Waals surface area contributed by atoms with Gasteiger partial charge in [0.05, 0.1) is 0 Å². The quantitative estimate of drug-likeness (QED) is 0.830. The van der Waals surface area contributed by atoms with Gasteiger partial charge in [-0.3, -0.25) is 9.78 Å². The van der Waals surface area contributed by atoms with Gasteiger partial charge in [0, 0.05) is 37.9 Å². The molecule has 1 atom stereocenters. The van der Waals surface area contributed by atoms with Crippen LogP contribution in [0.25, 0.3) is 0 Å². The van der Waals surface area contributed by atoms with Gasteiger partial charge in [-0.15, -0.1) is 0 Å². The molecule has 2 rings (SSSR count). The molecule has 1 amide bonds. The van der Waals surface area contributed by atoms with Gasteiger partial charge in [-0.05, 0) is 43.4 Å². The average molecular weight is 247 g/mol. The number of aromatic nitrogens is 1. The van der Waals surface area contributed by atoms with Gasteiger partial charge in [0.2, 0.25) is 5.91 Å². The zero-order valence-corrected chi connectivity index (χ0v) is 10.9. The molecule has 2 N–H and O–H groups in total. The molecule has 0 saturated heterocycles. The second-order valence-corrected chi connectivity index (χ2v) is 4.97. The molecule has 0 aliphatic heterocycles. The topological polar surface area (TPSA) is 59.2 Å². The van der Waals surface area contributed by atoms with Crippen LogP contribution in [0, 0.1) is 5.92 Å². The zero-order valence-electron chi connectivity index (χ0n) is 10.9. The highest BCUT2D eigenvalue weighted by Crippen LogP contribution is 2.33. The normalized spacial score (nSPS) is 16.3. The van der Waals surface area contributed by atoms with Gasteiger partial charge in [-0.1, -0.05) is 0 Å². The van der Waals surface area contributed by atoms with E-state index in [4.69, 9.17) is 5.73 Å². The summed E-state index contributed by atoms with van der Waals surface area (Å²) in [6.07, 6.45) is 6.35. The summed E-state index contributed by atoms with van der Waals surface area (Å²) in [5, 5.41) is 0. The van der Waals surface area contributed by atoms with Crippen molar-refractivity contribution in [2.75, 3.05) is 6.54 Å². The zero-order chi connectivity index (χ0) is 13.0. The van der Waals surface area contributed by atoms with Crippen LogP contribution in [0.1, 0.15) is 31.7 Å². The smallest absolute Gasteiger partial charge is 0.224 e. The van der Waals surface area contributed by atoms with Crippen LogP contribution in [0.3, 0.4) is 0 Å². The third-order valence-corrected chi connectivity index (χ3v) is 3.50. The van der Waals surface area contributed by atoms with Crippen molar-refractivity contribution in [2.24, 2.45) is 11.7 Å². The Morgan fingerprint density at radius 3 is 2.72 bits per heavy atom. The molecule has 0 radical (unpaired) electrons. The SMILES string of the molecule is CCN(Cc1ccncc1)C(=O)CC(N)C1CC1. The van der Waals surface area contributed by atoms with Gasteiger partial charge in [0.15, 0.2) is 0 Å². The number of hydrogen-bond donors (Lipinski definition) is 1. The number of amides is 1. The first-order valence-corrected chi connectivity index (χ1v) is 6.63. The van der Waals surface area contributed by atoms with E-state index in [1.54, 1.807) is 12.4 Å². The Hall–Kier alpha value is -1.42. The monoisotopic (exact) mass is 247 g/mol. The van der Waals surface area contributed by atoms with Crippen LogP contribution in [0.15, 0.2) is 24.5 Å². The first-order chi connectivity index (χ1) is 8.70. The highest BCUT2D eigenvalue weighted by Gasteiger charge is 2.30. The van der Waals surface area contributed by atoms with Gasteiger partial charge in [-0.2, -0.15) is 0 Å². The highest BCUT2D eigenvalue weighted by atomic mass is 16.2. The van der Waals surface area contributed by atoms with Gasteiger partial charge in [0.1, 0.15) is 0 Å². The van der Waals surface area contributed by atoms with Crippen molar-refractivity contribution >= 4 is 5.91 Å². The van der Waals surface area contributed by atoms with Crippen LogP contribution in [-0.4, -0.2) is 28.4 Å². The highest BCUT2D eigenvalue weighted by molar-refractivity contribution is 5.76. The van der Waals surface area contributed by atoms with Crippen LogP contribution < -0.4 is 5.73 Å². The Labute approximate surface area is 108 Å². The summed E-state index contributed by atoms with van der Waals surface area (Å²) in [7, 11) is 0. The first kappa shape index (κ1) is 13.0. The van der Waals surface area contributed by atoms with E-state index in [2.05, 4.69) is 4.98 Å². The second-order valence-electron chi connectivity index (χ2n) is 4.97. The molecule has 1 aromatic heterocycles. The summed E-state index contributed by atoms with van der Waals surface area (Å²) in [5.41, 5.74) is 7.12. The van der Waals surface area contributed by atoms with Crippen molar-refractivity contribution in [1.82, 2.24) is 9.88 Å². The maximum atomic E-state index is 12.2. The molecule has 1 saturated carbocycles. The molecule has 98 valence electrons. The molecule has 0 aromatic carbocycles. The second kappa shape index (κ2) is 5.96. The van der Waals surface area contributed by atoms with E-state index in [9.17, 15) is 4.79 Å². The number of rotatable bonds is 6. The van der Waals surface area contributed by atoms with Crippen LogP contribution in [0.5, 0.6) is 0 Å². The van der Waals surface area contributed by atoms with Crippen molar-refractivity contribution < 1.29 is 4.79 Å². The minimum absolute atomic E-state index is 0.0454. The minimum Gasteiger partial charge on any atom is -0.339 e. The molecular weight excluding hydrogens is 226 g/mol. The molecule has 1 heterocycles. The van der Waals surface area contributed by atoms with E-state index >= 15 is 0 Å². The van der Waals surface area contributed by atoms with Crippen LogP contribution >= 0.6 is 0 Å². The average Bonchev–Trinajstić information content (AvgIpc) is 3.21. The number of pyridine rings is 1. The molecule has 4 nitrogen and oxygen atoms in total. The molecular formula is C14H21N3O. The van der Waals surface area contributed by atoms with Crippen molar-refractivity contribution in [3.8, 4) is 0 Å². The molecule has 1 aliphatic rings. The van der Waals surface area contributed by atoms with Crippen molar-refractivity contribution in [1.29, 1.82) is 0 Å². The maximum absolute atomic E-state index is 12.2. The third kappa shape index (κ3) is 3.53. The molecule has 4 heteroatoms. The van der Waals surface area contributed by atoms with Crippen LogP contribution in [0.4, 0.5) is 0 Å². The van der Waals surface area contributed by atoms with Gasteiger partial charge in [0.25, 0.3) is 0 Å². The molecule has 1 unspecified atom stereocenters.